The SMILES string of the molecule is COc1ccc(S(=O)(=O)N(CCc2ccncc2)c2ccc(Cl)cc2Cc2c(F)cccc2F)cc1OC. The summed E-state index contributed by atoms with van der Waals surface area (Å²) >= 11 is 6.25. The van der Waals surface area contributed by atoms with Crippen LogP contribution in [0.25, 0.3) is 0 Å². The predicted octanol–water partition coefficient (Wildman–Crippen LogP) is 6.06. The third kappa shape index (κ3) is 5.89. The van der Waals surface area contributed by atoms with Gasteiger partial charge in [0.15, 0.2) is 11.5 Å². The molecule has 10 heteroatoms. The second-order valence-corrected chi connectivity index (χ2v) is 10.6. The minimum atomic E-state index is -4.18. The molecule has 38 heavy (non-hydrogen) atoms. The van der Waals surface area contributed by atoms with E-state index in [0.717, 1.165) is 17.7 Å². The first-order chi connectivity index (χ1) is 18.2. The van der Waals surface area contributed by atoms with Crippen LogP contribution in [-0.2, 0) is 22.9 Å². The smallest absolute Gasteiger partial charge is 0.264 e. The number of hydrogen-bond acceptors (Lipinski definition) is 5. The second kappa shape index (κ2) is 11.8. The van der Waals surface area contributed by atoms with E-state index < -0.39 is 21.7 Å². The normalized spacial score (nSPS) is 11.3. The Labute approximate surface area is 225 Å². The van der Waals surface area contributed by atoms with Gasteiger partial charge in [0.2, 0.25) is 0 Å². The highest BCUT2D eigenvalue weighted by molar-refractivity contribution is 7.92. The fourth-order valence-corrected chi connectivity index (χ4v) is 5.80. The molecule has 1 aromatic heterocycles. The molecule has 0 radical (unpaired) electrons. The zero-order valence-corrected chi connectivity index (χ0v) is 22.3. The van der Waals surface area contributed by atoms with Gasteiger partial charge in [0.1, 0.15) is 11.6 Å². The zero-order chi connectivity index (χ0) is 27.3. The summed E-state index contributed by atoms with van der Waals surface area (Å²) in [6.07, 6.45) is 3.39. The minimum absolute atomic E-state index is 0.0368. The molecule has 0 aliphatic rings. The fraction of sp³-hybridized carbons (Fsp3) is 0.179. The maximum absolute atomic E-state index is 14.6. The van der Waals surface area contributed by atoms with Gasteiger partial charge in [-0.15, -0.1) is 0 Å². The predicted molar refractivity (Wildman–Crippen MR) is 143 cm³/mol. The third-order valence-electron chi connectivity index (χ3n) is 6.04. The van der Waals surface area contributed by atoms with E-state index >= 15 is 0 Å². The van der Waals surface area contributed by atoms with E-state index in [-0.39, 0.29) is 34.9 Å². The van der Waals surface area contributed by atoms with E-state index in [4.69, 9.17) is 21.1 Å². The van der Waals surface area contributed by atoms with E-state index in [9.17, 15) is 17.2 Å². The van der Waals surface area contributed by atoms with Crippen molar-refractivity contribution in [1.82, 2.24) is 4.98 Å². The number of rotatable bonds is 10. The van der Waals surface area contributed by atoms with Crippen LogP contribution in [-0.4, -0.2) is 34.2 Å². The molecule has 4 aromatic rings. The Kier molecular flexibility index (Phi) is 8.48. The lowest BCUT2D eigenvalue weighted by molar-refractivity contribution is 0.354. The molecular formula is C28H25ClF2N2O4S. The molecule has 0 aliphatic heterocycles. The monoisotopic (exact) mass is 558 g/mol. The standard InChI is InChI=1S/C28H25ClF2N2O4S/c1-36-27-9-7-22(18-28(27)37-2)38(34,35)33(15-12-19-10-13-32-14-11-19)26-8-6-21(29)16-20(26)17-23-24(30)4-3-5-25(23)31/h3-11,13-14,16,18H,12,15,17H2,1-2H3. The van der Waals surface area contributed by atoms with Crippen LogP contribution < -0.4 is 13.8 Å². The fourth-order valence-electron chi connectivity index (χ4n) is 4.09. The topological polar surface area (TPSA) is 68.7 Å². The number of halogens is 3. The van der Waals surface area contributed by atoms with E-state index in [0.29, 0.717) is 22.8 Å². The average Bonchev–Trinajstić information content (AvgIpc) is 2.92. The molecule has 1 heterocycles. The Morgan fingerprint density at radius 2 is 1.58 bits per heavy atom. The molecule has 0 aliphatic carbocycles. The summed E-state index contributed by atoms with van der Waals surface area (Å²) in [5, 5.41) is 0.304. The van der Waals surface area contributed by atoms with Crippen LogP contribution in [0, 0.1) is 11.6 Å². The summed E-state index contributed by atoms with van der Waals surface area (Å²) in [5.74, 6) is -0.853. The molecule has 0 fully saturated rings. The Morgan fingerprint density at radius 3 is 2.24 bits per heavy atom. The van der Waals surface area contributed by atoms with Crippen LogP contribution in [0.15, 0.2) is 84.0 Å². The van der Waals surface area contributed by atoms with Crippen molar-refractivity contribution in [1.29, 1.82) is 0 Å². The summed E-state index contributed by atoms with van der Waals surface area (Å²) in [4.78, 5) is 3.97. The molecule has 0 spiro atoms. The lowest BCUT2D eigenvalue weighted by Crippen LogP contribution is -2.34. The van der Waals surface area contributed by atoms with Crippen molar-refractivity contribution >= 4 is 27.3 Å². The van der Waals surface area contributed by atoms with Crippen molar-refractivity contribution in [3.05, 3.63) is 112 Å². The Balaban J connectivity index is 1.84. The van der Waals surface area contributed by atoms with Gasteiger partial charge in [-0.3, -0.25) is 9.29 Å². The molecule has 198 valence electrons. The van der Waals surface area contributed by atoms with Gasteiger partial charge in [0.25, 0.3) is 10.0 Å². The molecule has 6 nitrogen and oxygen atoms in total. The Morgan fingerprint density at radius 1 is 0.895 bits per heavy atom. The molecule has 0 N–H and O–H groups in total. The summed E-state index contributed by atoms with van der Waals surface area (Å²) in [6, 6.07) is 16.1. The maximum Gasteiger partial charge on any atom is 0.264 e. The quantitative estimate of drug-likeness (QED) is 0.237. The molecule has 0 atom stereocenters. The first kappa shape index (κ1) is 27.3. The lowest BCUT2D eigenvalue weighted by atomic mass is 10.0. The van der Waals surface area contributed by atoms with Gasteiger partial charge >= 0.3 is 0 Å². The largest absolute Gasteiger partial charge is 0.493 e. The molecule has 0 unspecified atom stereocenters. The van der Waals surface area contributed by atoms with E-state index in [1.807, 2.05) is 0 Å². The van der Waals surface area contributed by atoms with Crippen molar-refractivity contribution in [3.63, 3.8) is 0 Å². The van der Waals surface area contributed by atoms with Crippen molar-refractivity contribution in [2.75, 3.05) is 25.1 Å². The van der Waals surface area contributed by atoms with E-state index in [1.54, 1.807) is 36.7 Å². The van der Waals surface area contributed by atoms with Crippen LogP contribution >= 0.6 is 11.6 Å². The number of sulfonamides is 1. The molecule has 0 saturated heterocycles. The number of pyridine rings is 1. The van der Waals surface area contributed by atoms with Gasteiger partial charge in [0.05, 0.1) is 24.8 Å². The highest BCUT2D eigenvalue weighted by Gasteiger charge is 2.28. The summed E-state index contributed by atoms with van der Waals surface area (Å²) < 4.78 is 69.1. The highest BCUT2D eigenvalue weighted by atomic mass is 35.5. The second-order valence-electron chi connectivity index (χ2n) is 8.35. The number of ether oxygens (including phenoxy) is 2. The van der Waals surface area contributed by atoms with Gasteiger partial charge in [-0.05, 0) is 72.1 Å². The van der Waals surface area contributed by atoms with Crippen LogP contribution in [0.1, 0.15) is 16.7 Å². The van der Waals surface area contributed by atoms with Gasteiger partial charge in [-0.25, -0.2) is 17.2 Å². The average molecular weight is 559 g/mol. The first-order valence-electron chi connectivity index (χ1n) is 11.6. The minimum Gasteiger partial charge on any atom is -0.493 e. The molecule has 0 amide bonds. The number of benzene rings is 3. The summed E-state index contributed by atoms with van der Waals surface area (Å²) in [5.41, 5.74) is 1.28. The van der Waals surface area contributed by atoms with Crippen molar-refractivity contribution in [2.24, 2.45) is 0 Å². The van der Waals surface area contributed by atoms with Gasteiger partial charge < -0.3 is 9.47 Å². The van der Waals surface area contributed by atoms with Crippen molar-refractivity contribution < 1.29 is 26.7 Å². The Hall–Kier alpha value is -3.69. The number of aromatic nitrogens is 1. The van der Waals surface area contributed by atoms with Gasteiger partial charge in [-0.2, -0.15) is 0 Å². The Bertz CT molecular complexity index is 1520. The van der Waals surface area contributed by atoms with Crippen molar-refractivity contribution in [3.8, 4) is 11.5 Å². The molecule has 0 saturated carbocycles. The van der Waals surface area contributed by atoms with Gasteiger partial charge in [0, 0.05) is 42.0 Å². The van der Waals surface area contributed by atoms with E-state index in [2.05, 4.69) is 4.98 Å². The summed E-state index contributed by atoms with van der Waals surface area (Å²) in [7, 11) is -1.31. The molecule has 3 aromatic carbocycles. The van der Waals surface area contributed by atoms with Gasteiger partial charge in [-0.1, -0.05) is 17.7 Å². The molecular weight excluding hydrogens is 534 g/mol. The number of methoxy groups -OCH3 is 2. The first-order valence-corrected chi connectivity index (χ1v) is 13.4. The zero-order valence-electron chi connectivity index (χ0n) is 20.7. The van der Waals surface area contributed by atoms with Crippen LogP contribution in [0.3, 0.4) is 0 Å². The maximum atomic E-state index is 14.6. The number of hydrogen-bond donors (Lipinski definition) is 0. The lowest BCUT2D eigenvalue weighted by Gasteiger charge is -2.27. The summed E-state index contributed by atoms with van der Waals surface area (Å²) in [6.45, 7) is 0.0368. The third-order valence-corrected chi connectivity index (χ3v) is 8.08. The van der Waals surface area contributed by atoms with Crippen LogP contribution in [0.4, 0.5) is 14.5 Å². The number of nitrogens with zero attached hydrogens (tertiary/aromatic N) is 2. The van der Waals surface area contributed by atoms with Crippen LogP contribution in [0.5, 0.6) is 11.5 Å². The van der Waals surface area contributed by atoms with Crippen molar-refractivity contribution in [2.45, 2.75) is 17.7 Å². The molecule has 0 bridgehead atoms. The van der Waals surface area contributed by atoms with Crippen LogP contribution in [0.2, 0.25) is 5.02 Å². The highest BCUT2D eigenvalue weighted by Crippen LogP contribution is 2.35. The number of anilines is 1. The van der Waals surface area contributed by atoms with E-state index in [1.165, 1.54) is 48.9 Å². The molecule has 4 rings (SSSR count).